The van der Waals surface area contributed by atoms with E-state index in [1.54, 1.807) is 12.1 Å². The van der Waals surface area contributed by atoms with E-state index in [1.807, 2.05) is 25.1 Å². The topological polar surface area (TPSA) is 72.2 Å². The summed E-state index contributed by atoms with van der Waals surface area (Å²) in [5, 5.41) is 0. The van der Waals surface area contributed by atoms with Crippen LogP contribution >= 0.6 is 0 Å². The minimum atomic E-state index is -3.27. The predicted octanol–water partition coefficient (Wildman–Crippen LogP) is 0.843. The van der Waals surface area contributed by atoms with Gasteiger partial charge in [0.2, 0.25) is 10.0 Å². The van der Waals surface area contributed by atoms with Crippen LogP contribution in [-0.2, 0) is 15.8 Å². The molecule has 1 atom stereocenters. The lowest BCUT2D eigenvalue weighted by atomic mass is 10.2. The number of nitrogens with one attached hydrogen (secondary N) is 1. The van der Waals surface area contributed by atoms with E-state index >= 15 is 0 Å². The lowest BCUT2D eigenvalue weighted by Crippen LogP contribution is -2.37. The van der Waals surface area contributed by atoms with E-state index in [0.717, 1.165) is 12.0 Å². The smallest absolute Gasteiger partial charge is 0.215 e. The van der Waals surface area contributed by atoms with Crippen molar-refractivity contribution in [1.29, 1.82) is 0 Å². The van der Waals surface area contributed by atoms with Crippen molar-refractivity contribution in [3.05, 3.63) is 35.9 Å². The summed E-state index contributed by atoms with van der Waals surface area (Å²) in [7, 11) is -3.27. The molecule has 0 aliphatic heterocycles. The summed E-state index contributed by atoms with van der Waals surface area (Å²) < 4.78 is 25.8. The molecule has 0 aliphatic rings. The number of hydrogen-bond donors (Lipinski definition) is 2. The molecule has 0 saturated carbocycles. The van der Waals surface area contributed by atoms with Crippen LogP contribution in [0.25, 0.3) is 0 Å². The van der Waals surface area contributed by atoms with Gasteiger partial charge in [-0.25, -0.2) is 13.1 Å². The SMILES string of the molecule is CCC(N)CNS(=O)(=O)Cc1ccccc1. The van der Waals surface area contributed by atoms with Crippen LogP contribution in [0.15, 0.2) is 30.3 Å². The van der Waals surface area contributed by atoms with E-state index in [-0.39, 0.29) is 11.8 Å². The molecular formula is C11H18N2O2S. The van der Waals surface area contributed by atoms with Gasteiger partial charge >= 0.3 is 0 Å². The minimum Gasteiger partial charge on any atom is -0.327 e. The van der Waals surface area contributed by atoms with E-state index in [2.05, 4.69) is 4.72 Å². The quantitative estimate of drug-likeness (QED) is 0.776. The largest absolute Gasteiger partial charge is 0.327 e. The van der Waals surface area contributed by atoms with Gasteiger partial charge < -0.3 is 5.73 Å². The Morgan fingerprint density at radius 2 is 1.94 bits per heavy atom. The van der Waals surface area contributed by atoms with Gasteiger partial charge in [-0.1, -0.05) is 37.3 Å². The fraction of sp³-hybridized carbons (Fsp3) is 0.455. The minimum absolute atomic E-state index is 0.00424. The van der Waals surface area contributed by atoms with Crippen molar-refractivity contribution in [2.45, 2.75) is 25.1 Å². The number of hydrogen-bond acceptors (Lipinski definition) is 3. The molecule has 1 rings (SSSR count). The van der Waals surface area contributed by atoms with E-state index in [9.17, 15) is 8.42 Å². The first-order valence-electron chi connectivity index (χ1n) is 5.30. The third-order valence-electron chi connectivity index (χ3n) is 2.29. The zero-order valence-electron chi connectivity index (χ0n) is 9.39. The normalized spacial score (nSPS) is 13.6. The summed E-state index contributed by atoms with van der Waals surface area (Å²) >= 11 is 0. The lowest BCUT2D eigenvalue weighted by Gasteiger charge is -2.10. The molecule has 0 radical (unpaired) electrons. The Morgan fingerprint density at radius 3 is 2.50 bits per heavy atom. The molecule has 0 saturated heterocycles. The van der Waals surface area contributed by atoms with Gasteiger partial charge in [0.05, 0.1) is 5.75 Å². The molecule has 16 heavy (non-hydrogen) atoms. The van der Waals surface area contributed by atoms with Crippen molar-refractivity contribution in [2.24, 2.45) is 5.73 Å². The Labute approximate surface area is 96.9 Å². The van der Waals surface area contributed by atoms with Crippen molar-refractivity contribution < 1.29 is 8.42 Å². The first-order valence-corrected chi connectivity index (χ1v) is 6.95. The zero-order valence-corrected chi connectivity index (χ0v) is 10.2. The second-order valence-corrected chi connectivity index (χ2v) is 5.57. The molecule has 5 heteroatoms. The average Bonchev–Trinajstić information content (AvgIpc) is 2.27. The molecule has 0 spiro atoms. The van der Waals surface area contributed by atoms with Crippen LogP contribution in [0.4, 0.5) is 0 Å². The summed E-state index contributed by atoms with van der Waals surface area (Å²) in [6.45, 7) is 2.22. The molecule has 0 aromatic heterocycles. The van der Waals surface area contributed by atoms with Gasteiger partial charge in [0.1, 0.15) is 0 Å². The van der Waals surface area contributed by atoms with Crippen LogP contribution in [0.3, 0.4) is 0 Å². The molecule has 4 nitrogen and oxygen atoms in total. The van der Waals surface area contributed by atoms with Crippen LogP contribution in [0.5, 0.6) is 0 Å². The second kappa shape index (κ2) is 5.98. The Kier molecular flexibility index (Phi) is 4.92. The van der Waals surface area contributed by atoms with Crippen molar-refractivity contribution in [3.8, 4) is 0 Å². The van der Waals surface area contributed by atoms with Gasteiger partial charge in [0.25, 0.3) is 0 Å². The fourth-order valence-electron chi connectivity index (χ4n) is 1.22. The lowest BCUT2D eigenvalue weighted by molar-refractivity contribution is 0.563. The molecule has 0 fully saturated rings. The zero-order chi connectivity index (χ0) is 12.0. The number of rotatable bonds is 6. The maximum atomic E-state index is 11.7. The summed E-state index contributed by atoms with van der Waals surface area (Å²) in [5.41, 5.74) is 6.42. The monoisotopic (exact) mass is 242 g/mol. The molecule has 0 amide bonds. The molecule has 0 aliphatic carbocycles. The Hall–Kier alpha value is -0.910. The van der Waals surface area contributed by atoms with Crippen LogP contribution in [-0.4, -0.2) is 21.0 Å². The van der Waals surface area contributed by atoms with Gasteiger partial charge in [-0.2, -0.15) is 0 Å². The molecule has 1 aromatic carbocycles. The number of benzene rings is 1. The summed E-state index contributed by atoms with van der Waals surface area (Å²) in [6, 6.07) is 8.96. The Bertz CT molecular complexity index is 403. The Morgan fingerprint density at radius 1 is 1.31 bits per heavy atom. The van der Waals surface area contributed by atoms with Crippen LogP contribution < -0.4 is 10.5 Å². The molecule has 1 unspecified atom stereocenters. The van der Waals surface area contributed by atoms with E-state index < -0.39 is 10.0 Å². The van der Waals surface area contributed by atoms with Gasteiger partial charge in [0, 0.05) is 12.6 Å². The molecule has 0 bridgehead atoms. The first-order chi connectivity index (χ1) is 7.53. The second-order valence-electron chi connectivity index (χ2n) is 3.76. The van der Waals surface area contributed by atoms with E-state index in [4.69, 9.17) is 5.73 Å². The third-order valence-corrected chi connectivity index (χ3v) is 3.61. The van der Waals surface area contributed by atoms with Crippen molar-refractivity contribution in [2.75, 3.05) is 6.54 Å². The highest BCUT2D eigenvalue weighted by atomic mass is 32.2. The third kappa shape index (κ3) is 4.74. The van der Waals surface area contributed by atoms with Gasteiger partial charge in [-0.3, -0.25) is 0 Å². The van der Waals surface area contributed by atoms with Crippen molar-refractivity contribution >= 4 is 10.0 Å². The van der Waals surface area contributed by atoms with E-state index in [1.165, 1.54) is 0 Å². The highest BCUT2D eigenvalue weighted by molar-refractivity contribution is 7.88. The highest BCUT2D eigenvalue weighted by Crippen LogP contribution is 2.03. The Balaban J connectivity index is 2.53. The summed E-state index contributed by atoms with van der Waals surface area (Å²) in [5.74, 6) is 0.00424. The predicted molar refractivity (Wildman–Crippen MR) is 65.3 cm³/mol. The van der Waals surface area contributed by atoms with Crippen molar-refractivity contribution in [1.82, 2.24) is 4.72 Å². The highest BCUT2D eigenvalue weighted by Gasteiger charge is 2.12. The number of nitrogens with two attached hydrogens (primary N) is 1. The van der Waals surface area contributed by atoms with Gasteiger partial charge in [-0.15, -0.1) is 0 Å². The summed E-state index contributed by atoms with van der Waals surface area (Å²) in [6.07, 6.45) is 0.758. The first kappa shape index (κ1) is 13.2. The maximum absolute atomic E-state index is 11.7. The standard InChI is InChI=1S/C11H18N2O2S/c1-2-11(12)8-13-16(14,15)9-10-6-4-3-5-7-10/h3-7,11,13H,2,8-9,12H2,1H3. The van der Waals surface area contributed by atoms with Crippen LogP contribution in [0.2, 0.25) is 0 Å². The molecule has 1 aromatic rings. The summed E-state index contributed by atoms with van der Waals surface area (Å²) in [4.78, 5) is 0. The van der Waals surface area contributed by atoms with Gasteiger partial charge in [0.15, 0.2) is 0 Å². The molecular weight excluding hydrogens is 224 g/mol. The van der Waals surface area contributed by atoms with Gasteiger partial charge in [-0.05, 0) is 12.0 Å². The van der Waals surface area contributed by atoms with Crippen molar-refractivity contribution in [3.63, 3.8) is 0 Å². The van der Waals surface area contributed by atoms with Crippen LogP contribution in [0.1, 0.15) is 18.9 Å². The fourth-order valence-corrected chi connectivity index (χ4v) is 2.42. The van der Waals surface area contributed by atoms with E-state index in [0.29, 0.717) is 6.54 Å². The molecule has 90 valence electrons. The molecule has 3 N–H and O–H groups in total. The molecule has 0 heterocycles. The average molecular weight is 242 g/mol. The maximum Gasteiger partial charge on any atom is 0.215 e. The number of sulfonamides is 1. The van der Waals surface area contributed by atoms with Crippen LogP contribution in [0, 0.1) is 0 Å².